The van der Waals surface area contributed by atoms with Crippen LogP contribution < -0.4 is 5.32 Å². The Morgan fingerprint density at radius 2 is 1.79 bits per heavy atom. The standard InChI is InChI=1S/C25H29F3N2O4/c26-18-3-1-2-16(6-18)11-29-25(32)10-22-4-5-23-24(34-22)15-33-14-21(31)13-30(23)12-17-7-19(27)9-20(28)8-17/h1-3,6-9,21-24,31H,4-5,10-15H2,(H,29,32)/t21-,22+,23-,24+/m1/s1. The number of nitrogens with zero attached hydrogens (tertiary/aromatic N) is 1. The summed E-state index contributed by atoms with van der Waals surface area (Å²) in [6.07, 6.45) is 0.0662. The van der Waals surface area contributed by atoms with Crippen molar-refractivity contribution in [1.82, 2.24) is 10.2 Å². The monoisotopic (exact) mass is 478 g/mol. The lowest BCUT2D eigenvalue weighted by Gasteiger charge is -2.44. The lowest BCUT2D eigenvalue weighted by atomic mass is 9.94. The molecule has 1 amide bonds. The minimum Gasteiger partial charge on any atom is -0.389 e. The number of benzene rings is 2. The Kier molecular flexibility index (Phi) is 8.20. The molecule has 0 saturated carbocycles. The van der Waals surface area contributed by atoms with Gasteiger partial charge in [0.1, 0.15) is 17.5 Å². The summed E-state index contributed by atoms with van der Waals surface area (Å²) in [6, 6.07) is 9.33. The fourth-order valence-corrected chi connectivity index (χ4v) is 4.69. The zero-order chi connectivity index (χ0) is 24.1. The molecule has 2 heterocycles. The van der Waals surface area contributed by atoms with Gasteiger partial charge in [0.05, 0.1) is 37.9 Å². The number of hydrogen-bond acceptors (Lipinski definition) is 5. The summed E-state index contributed by atoms with van der Waals surface area (Å²) >= 11 is 0. The van der Waals surface area contributed by atoms with Crippen molar-refractivity contribution in [3.8, 4) is 0 Å². The van der Waals surface area contributed by atoms with E-state index in [4.69, 9.17) is 9.47 Å². The third-order valence-electron chi connectivity index (χ3n) is 6.19. The molecule has 184 valence electrons. The molecule has 2 saturated heterocycles. The average molecular weight is 479 g/mol. The molecule has 0 unspecified atom stereocenters. The molecule has 9 heteroatoms. The van der Waals surface area contributed by atoms with E-state index in [9.17, 15) is 23.1 Å². The minimum atomic E-state index is -0.731. The molecule has 4 rings (SSSR count). The number of hydrogen-bond donors (Lipinski definition) is 2. The van der Waals surface area contributed by atoms with Crippen LogP contribution in [0.15, 0.2) is 42.5 Å². The van der Waals surface area contributed by atoms with Crippen LogP contribution in [0.2, 0.25) is 0 Å². The molecule has 2 aliphatic rings. The van der Waals surface area contributed by atoms with Crippen LogP contribution in [0.5, 0.6) is 0 Å². The predicted molar refractivity (Wildman–Crippen MR) is 118 cm³/mol. The van der Waals surface area contributed by atoms with Crippen molar-refractivity contribution in [2.24, 2.45) is 0 Å². The second kappa shape index (κ2) is 11.3. The van der Waals surface area contributed by atoms with Gasteiger partial charge in [-0.05, 0) is 48.2 Å². The summed E-state index contributed by atoms with van der Waals surface area (Å²) in [4.78, 5) is 14.4. The molecular weight excluding hydrogens is 449 g/mol. The molecule has 34 heavy (non-hydrogen) atoms. The Morgan fingerprint density at radius 3 is 2.56 bits per heavy atom. The summed E-state index contributed by atoms with van der Waals surface area (Å²) in [6.45, 7) is 1.14. The van der Waals surface area contributed by atoms with E-state index in [1.165, 1.54) is 24.3 Å². The number of carbonyl (C=O) groups excluding carboxylic acids is 1. The minimum absolute atomic E-state index is 0.124. The Hall–Kier alpha value is -2.46. The van der Waals surface area contributed by atoms with Crippen LogP contribution in [0.3, 0.4) is 0 Å². The van der Waals surface area contributed by atoms with Crippen LogP contribution in [0.4, 0.5) is 13.2 Å². The molecule has 2 aliphatic heterocycles. The predicted octanol–water partition coefficient (Wildman–Crippen LogP) is 2.92. The second-order valence-corrected chi connectivity index (χ2v) is 8.95. The van der Waals surface area contributed by atoms with Crippen LogP contribution in [0.1, 0.15) is 30.4 Å². The fourth-order valence-electron chi connectivity index (χ4n) is 4.69. The van der Waals surface area contributed by atoms with E-state index in [1.807, 2.05) is 4.90 Å². The van der Waals surface area contributed by atoms with Gasteiger partial charge in [-0.2, -0.15) is 0 Å². The highest BCUT2D eigenvalue weighted by Crippen LogP contribution is 2.29. The fraction of sp³-hybridized carbons (Fsp3) is 0.480. The molecule has 2 fully saturated rings. The van der Waals surface area contributed by atoms with Crippen molar-refractivity contribution in [1.29, 1.82) is 0 Å². The van der Waals surface area contributed by atoms with E-state index in [0.29, 0.717) is 24.0 Å². The number of carbonyl (C=O) groups is 1. The average Bonchev–Trinajstić information content (AvgIpc) is 2.76. The summed E-state index contributed by atoms with van der Waals surface area (Å²) in [5, 5.41) is 13.1. The van der Waals surface area contributed by atoms with Gasteiger partial charge in [-0.25, -0.2) is 13.2 Å². The zero-order valence-corrected chi connectivity index (χ0v) is 18.8. The zero-order valence-electron chi connectivity index (χ0n) is 18.8. The van der Waals surface area contributed by atoms with Gasteiger partial charge in [0, 0.05) is 31.7 Å². The summed E-state index contributed by atoms with van der Waals surface area (Å²) in [5.41, 5.74) is 1.15. The van der Waals surface area contributed by atoms with Gasteiger partial charge in [-0.3, -0.25) is 9.69 Å². The van der Waals surface area contributed by atoms with Crippen molar-refractivity contribution in [2.45, 2.75) is 56.7 Å². The van der Waals surface area contributed by atoms with Gasteiger partial charge in [-0.1, -0.05) is 12.1 Å². The summed E-state index contributed by atoms with van der Waals surface area (Å²) < 4.78 is 52.5. The molecule has 4 atom stereocenters. The smallest absolute Gasteiger partial charge is 0.222 e. The quantitative estimate of drug-likeness (QED) is 0.668. The first-order chi connectivity index (χ1) is 16.4. The highest BCUT2D eigenvalue weighted by atomic mass is 19.1. The van der Waals surface area contributed by atoms with Crippen molar-refractivity contribution in [3.63, 3.8) is 0 Å². The lowest BCUT2D eigenvalue weighted by molar-refractivity contribution is -0.158. The molecule has 6 nitrogen and oxygen atoms in total. The summed E-state index contributed by atoms with van der Waals surface area (Å²) in [5.74, 6) is -1.84. The van der Waals surface area contributed by atoms with Crippen LogP contribution in [0.25, 0.3) is 0 Å². The Labute approximate surface area is 196 Å². The molecule has 2 N–H and O–H groups in total. The Morgan fingerprint density at radius 1 is 1.03 bits per heavy atom. The number of fused-ring (bicyclic) bond motifs is 1. The Balaban J connectivity index is 1.36. The number of nitrogens with one attached hydrogen (secondary N) is 1. The number of aliphatic hydroxyl groups is 1. The number of ether oxygens (including phenoxy) is 2. The first-order valence-electron chi connectivity index (χ1n) is 11.5. The van der Waals surface area contributed by atoms with Gasteiger partial charge < -0.3 is 19.9 Å². The van der Waals surface area contributed by atoms with E-state index in [1.54, 1.807) is 12.1 Å². The molecule has 2 aromatic carbocycles. The number of halogens is 3. The molecule has 0 aliphatic carbocycles. The van der Waals surface area contributed by atoms with Gasteiger partial charge in [0.25, 0.3) is 0 Å². The van der Waals surface area contributed by atoms with E-state index in [2.05, 4.69) is 5.32 Å². The van der Waals surface area contributed by atoms with Crippen molar-refractivity contribution >= 4 is 5.91 Å². The maximum atomic E-state index is 13.7. The molecule has 0 bridgehead atoms. The normalized spacial score (nSPS) is 25.8. The van der Waals surface area contributed by atoms with Crippen LogP contribution >= 0.6 is 0 Å². The maximum absolute atomic E-state index is 13.7. The van der Waals surface area contributed by atoms with E-state index < -0.39 is 17.7 Å². The molecule has 0 spiro atoms. The molecular formula is C25H29F3N2O4. The SMILES string of the molecule is O=C(C[C@@H]1CC[C@@H]2[C@H](COC[C@H](O)CN2Cc2cc(F)cc(F)c2)O1)NCc1cccc(F)c1. The third-order valence-corrected chi connectivity index (χ3v) is 6.19. The van der Waals surface area contributed by atoms with E-state index in [-0.39, 0.29) is 69.2 Å². The highest BCUT2D eigenvalue weighted by Gasteiger charge is 2.38. The first kappa shape index (κ1) is 24.7. The molecule has 0 radical (unpaired) electrons. The van der Waals surface area contributed by atoms with E-state index in [0.717, 1.165) is 6.07 Å². The van der Waals surface area contributed by atoms with Crippen molar-refractivity contribution in [3.05, 3.63) is 71.0 Å². The third kappa shape index (κ3) is 6.79. The molecule has 2 aromatic rings. The maximum Gasteiger partial charge on any atom is 0.222 e. The number of rotatable bonds is 6. The van der Waals surface area contributed by atoms with Crippen LogP contribution in [-0.4, -0.2) is 60.0 Å². The topological polar surface area (TPSA) is 71.0 Å². The van der Waals surface area contributed by atoms with Gasteiger partial charge in [-0.15, -0.1) is 0 Å². The van der Waals surface area contributed by atoms with Crippen LogP contribution in [-0.2, 0) is 27.4 Å². The number of amides is 1. The Bertz CT molecular complexity index is 972. The molecule has 0 aromatic heterocycles. The van der Waals surface area contributed by atoms with Crippen LogP contribution in [0, 0.1) is 17.5 Å². The number of β-amino-alcohol motifs (C(OH)–C–C–N with tert-alkyl or cyclic N) is 1. The van der Waals surface area contributed by atoms with Crippen molar-refractivity contribution < 1.29 is 32.5 Å². The van der Waals surface area contributed by atoms with Gasteiger partial charge in [0.15, 0.2) is 0 Å². The number of aliphatic hydroxyl groups excluding tert-OH is 1. The summed E-state index contributed by atoms with van der Waals surface area (Å²) in [7, 11) is 0. The van der Waals surface area contributed by atoms with Crippen molar-refractivity contribution in [2.75, 3.05) is 19.8 Å². The highest BCUT2D eigenvalue weighted by molar-refractivity contribution is 5.76. The first-order valence-corrected chi connectivity index (χ1v) is 11.5. The largest absolute Gasteiger partial charge is 0.389 e. The lowest BCUT2D eigenvalue weighted by Crippen LogP contribution is -2.55. The van der Waals surface area contributed by atoms with Gasteiger partial charge >= 0.3 is 0 Å². The van der Waals surface area contributed by atoms with E-state index >= 15 is 0 Å². The van der Waals surface area contributed by atoms with Gasteiger partial charge in [0.2, 0.25) is 5.91 Å². The second-order valence-electron chi connectivity index (χ2n) is 8.95.